The monoisotopic (exact) mass is 346 g/mol. The first-order valence-corrected chi connectivity index (χ1v) is 9.52. The van der Waals surface area contributed by atoms with Gasteiger partial charge in [0.1, 0.15) is 17.0 Å². The second kappa shape index (κ2) is 7.05. The molecule has 0 radical (unpaired) electrons. The summed E-state index contributed by atoms with van der Waals surface area (Å²) in [4.78, 5) is 25.9. The Morgan fingerprint density at radius 3 is 2.71 bits per heavy atom. The van der Waals surface area contributed by atoms with Crippen LogP contribution in [0, 0.1) is 25.7 Å². The minimum absolute atomic E-state index is 0.127. The molecule has 0 bridgehead atoms. The van der Waals surface area contributed by atoms with Crippen molar-refractivity contribution in [3.8, 4) is 0 Å². The number of nitrogens with zero attached hydrogens (tertiary/aromatic N) is 3. The van der Waals surface area contributed by atoms with E-state index in [2.05, 4.69) is 47.9 Å². The SMILES string of the molecule is Cc1sc2ncnc(N3CCC(C(=O)NCC(C)C)CC3)c2c1C. The van der Waals surface area contributed by atoms with Crippen LogP contribution in [-0.2, 0) is 4.79 Å². The summed E-state index contributed by atoms with van der Waals surface area (Å²) in [6.07, 6.45) is 3.43. The number of rotatable bonds is 4. The molecule has 130 valence electrons. The van der Waals surface area contributed by atoms with Gasteiger partial charge in [-0.2, -0.15) is 0 Å². The van der Waals surface area contributed by atoms with Crippen molar-refractivity contribution in [2.45, 2.75) is 40.5 Å². The van der Waals surface area contributed by atoms with E-state index in [4.69, 9.17) is 0 Å². The molecular weight excluding hydrogens is 320 g/mol. The fourth-order valence-corrected chi connectivity index (χ4v) is 4.20. The maximum atomic E-state index is 12.3. The van der Waals surface area contributed by atoms with E-state index < -0.39 is 0 Å². The van der Waals surface area contributed by atoms with E-state index >= 15 is 0 Å². The summed E-state index contributed by atoms with van der Waals surface area (Å²) >= 11 is 1.73. The third-order valence-electron chi connectivity index (χ3n) is 4.80. The number of aryl methyl sites for hydroxylation is 2. The van der Waals surface area contributed by atoms with E-state index in [1.54, 1.807) is 17.7 Å². The summed E-state index contributed by atoms with van der Waals surface area (Å²) in [6.45, 7) is 11.0. The van der Waals surface area contributed by atoms with Crippen molar-refractivity contribution >= 4 is 33.3 Å². The summed E-state index contributed by atoms with van der Waals surface area (Å²) in [7, 11) is 0. The number of amides is 1. The zero-order valence-electron chi connectivity index (χ0n) is 14.9. The number of hydrogen-bond acceptors (Lipinski definition) is 5. The van der Waals surface area contributed by atoms with Crippen molar-refractivity contribution < 1.29 is 4.79 Å². The second-order valence-electron chi connectivity index (χ2n) is 7.06. The van der Waals surface area contributed by atoms with E-state index in [1.807, 2.05) is 0 Å². The van der Waals surface area contributed by atoms with Gasteiger partial charge < -0.3 is 10.2 Å². The average molecular weight is 347 g/mol. The Morgan fingerprint density at radius 2 is 2.04 bits per heavy atom. The molecule has 1 saturated heterocycles. The van der Waals surface area contributed by atoms with E-state index in [1.165, 1.54) is 15.8 Å². The summed E-state index contributed by atoms with van der Waals surface area (Å²) in [5.74, 6) is 1.86. The Labute approximate surface area is 147 Å². The van der Waals surface area contributed by atoms with Crippen LogP contribution < -0.4 is 10.2 Å². The smallest absolute Gasteiger partial charge is 0.223 e. The predicted octanol–water partition coefficient (Wildman–Crippen LogP) is 3.30. The van der Waals surface area contributed by atoms with Gasteiger partial charge in [0.15, 0.2) is 0 Å². The van der Waals surface area contributed by atoms with Gasteiger partial charge in [-0.05, 0) is 38.2 Å². The Bertz CT molecular complexity index is 732. The van der Waals surface area contributed by atoms with Crippen LogP contribution >= 0.6 is 11.3 Å². The molecule has 1 fully saturated rings. The highest BCUT2D eigenvalue weighted by molar-refractivity contribution is 7.18. The van der Waals surface area contributed by atoms with Gasteiger partial charge in [0.2, 0.25) is 5.91 Å². The average Bonchev–Trinajstić information content (AvgIpc) is 2.87. The van der Waals surface area contributed by atoms with Crippen molar-refractivity contribution in [1.29, 1.82) is 0 Å². The van der Waals surface area contributed by atoms with Gasteiger partial charge >= 0.3 is 0 Å². The summed E-state index contributed by atoms with van der Waals surface area (Å²) in [5, 5.41) is 4.25. The number of carbonyl (C=O) groups excluding carboxylic acids is 1. The van der Waals surface area contributed by atoms with E-state index in [9.17, 15) is 4.79 Å². The lowest BCUT2D eigenvalue weighted by molar-refractivity contribution is -0.125. The van der Waals surface area contributed by atoms with Gasteiger partial charge in [-0.15, -0.1) is 11.3 Å². The summed E-state index contributed by atoms with van der Waals surface area (Å²) in [5.41, 5.74) is 1.28. The molecule has 0 saturated carbocycles. The molecule has 1 aliphatic rings. The third kappa shape index (κ3) is 3.38. The third-order valence-corrected chi connectivity index (χ3v) is 5.91. The van der Waals surface area contributed by atoms with Crippen molar-refractivity contribution in [3.05, 3.63) is 16.8 Å². The molecule has 2 aromatic rings. The molecule has 1 aliphatic heterocycles. The van der Waals surface area contributed by atoms with Crippen LogP contribution in [0.3, 0.4) is 0 Å². The fraction of sp³-hybridized carbons (Fsp3) is 0.611. The Morgan fingerprint density at radius 1 is 1.33 bits per heavy atom. The van der Waals surface area contributed by atoms with Gasteiger partial charge in [0.25, 0.3) is 0 Å². The number of nitrogens with one attached hydrogen (secondary N) is 1. The lowest BCUT2D eigenvalue weighted by Gasteiger charge is -2.32. The number of anilines is 1. The first-order valence-electron chi connectivity index (χ1n) is 8.70. The molecule has 1 N–H and O–H groups in total. The van der Waals surface area contributed by atoms with Crippen molar-refractivity contribution in [2.24, 2.45) is 11.8 Å². The van der Waals surface area contributed by atoms with Crippen LogP contribution in [0.2, 0.25) is 0 Å². The van der Waals surface area contributed by atoms with Crippen molar-refractivity contribution in [1.82, 2.24) is 15.3 Å². The molecule has 0 spiro atoms. The topological polar surface area (TPSA) is 58.1 Å². The second-order valence-corrected chi connectivity index (χ2v) is 8.26. The minimum atomic E-state index is 0.127. The molecule has 0 unspecified atom stereocenters. The largest absolute Gasteiger partial charge is 0.356 e. The van der Waals surface area contributed by atoms with E-state index in [0.29, 0.717) is 5.92 Å². The first kappa shape index (κ1) is 17.1. The number of fused-ring (bicyclic) bond motifs is 1. The van der Waals surface area contributed by atoms with Crippen LogP contribution in [-0.4, -0.2) is 35.5 Å². The zero-order valence-corrected chi connectivity index (χ0v) is 15.7. The number of thiophene rings is 1. The van der Waals surface area contributed by atoms with Crippen LogP contribution in [0.15, 0.2) is 6.33 Å². The molecule has 3 rings (SSSR count). The Hall–Kier alpha value is -1.69. The lowest BCUT2D eigenvalue weighted by Crippen LogP contribution is -2.41. The number of hydrogen-bond donors (Lipinski definition) is 1. The molecule has 2 aromatic heterocycles. The van der Waals surface area contributed by atoms with Gasteiger partial charge in [-0.1, -0.05) is 13.8 Å². The van der Waals surface area contributed by atoms with Crippen LogP contribution in [0.1, 0.15) is 37.1 Å². The van der Waals surface area contributed by atoms with E-state index in [0.717, 1.165) is 43.1 Å². The van der Waals surface area contributed by atoms with Gasteiger partial charge in [-0.3, -0.25) is 4.79 Å². The number of piperidine rings is 1. The summed E-state index contributed by atoms with van der Waals surface area (Å²) < 4.78 is 0. The lowest BCUT2D eigenvalue weighted by atomic mass is 9.95. The van der Waals surface area contributed by atoms with Gasteiger partial charge in [0.05, 0.1) is 5.39 Å². The van der Waals surface area contributed by atoms with Crippen LogP contribution in [0.4, 0.5) is 5.82 Å². The standard InChI is InChI=1S/C18H26N4OS/c1-11(2)9-19-17(23)14-5-7-22(8-6-14)16-15-12(3)13(4)24-18(15)21-10-20-16/h10-11,14H,5-9H2,1-4H3,(H,19,23). The first-order chi connectivity index (χ1) is 11.5. The van der Waals surface area contributed by atoms with Crippen LogP contribution in [0.25, 0.3) is 10.2 Å². The normalized spacial score (nSPS) is 16.1. The fourth-order valence-electron chi connectivity index (χ4n) is 3.21. The molecule has 0 aliphatic carbocycles. The molecule has 0 atom stereocenters. The quantitative estimate of drug-likeness (QED) is 0.923. The van der Waals surface area contributed by atoms with Crippen molar-refractivity contribution in [2.75, 3.05) is 24.5 Å². The molecular formula is C18H26N4OS. The maximum absolute atomic E-state index is 12.3. The van der Waals surface area contributed by atoms with Gasteiger partial charge in [0, 0.05) is 30.4 Å². The predicted molar refractivity (Wildman–Crippen MR) is 99.7 cm³/mol. The van der Waals surface area contributed by atoms with Crippen molar-refractivity contribution in [3.63, 3.8) is 0 Å². The Balaban J connectivity index is 1.70. The number of aromatic nitrogens is 2. The summed E-state index contributed by atoms with van der Waals surface area (Å²) in [6, 6.07) is 0. The molecule has 24 heavy (non-hydrogen) atoms. The molecule has 3 heterocycles. The highest BCUT2D eigenvalue weighted by Crippen LogP contribution is 2.35. The molecule has 0 aromatic carbocycles. The molecule has 5 nitrogen and oxygen atoms in total. The van der Waals surface area contributed by atoms with Crippen LogP contribution in [0.5, 0.6) is 0 Å². The molecule has 6 heteroatoms. The maximum Gasteiger partial charge on any atom is 0.223 e. The van der Waals surface area contributed by atoms with Gasteiger partial charge in [-0.25, -0.2) is 9.97 Å². The zero-order chi connectivity index (χ0) is 17.3. The minimum Gasteiger partial charge on any atom is -0.356 e. The molecule has 1 amide bonds. The Kier molecular flexibility index (Phi) is 5.04. The highest BCUT2D eigenvalue weighted by Gasteiger charge is 2.27. The number of carbonyl (C=O) groups is 1. The highest BCUT2D eigenvalue weighted by atomic mass is 32.1. The van der Waals surface area contributed by atoms with E-state index in [-0.39, 0.29) is 11.8 Å².